The Morgan fingerprint density at radius 2 is 2.00 bits per heavy atom. The summed E-state index contributed by atoms with van der Waals surface area (Å²) in [6.45, 7) is -0.466. The number of likely N-dealkylation sites (N-methyl/N-ethyl adjacent to an activating group) is 1. The second-order valence-corrected chi connectivity index (χ2v) is 5.59. The van der Waals surface area contributed by atoms with E-state index in [2.05, 4.69) is 5.32 Å². The van der Waals surface area contributed by atoms with Gasteiger partial charge in [-0.2, -0.15) is 0 Å². The van der Waals surface area contributed by atoms with E-state index in [0.717, 1.165) is 6.07 Å². The van der Waals surface area contributed by atoms with E-state index in [1.807, 2.05) is 4.72 Å². The highest BCUT2D eigenvalue weighted by Crippen LogP contribution is 2.22. The van der Waals surface area contributed by atoms with Crippen molar-refractivity contribution in [2.75, 3.05) is 13.6 Å². The third kappa shape index (κ3) is 3.91. The van der Waals surface area contributed by atoms with Gasteiger partial charge in [-0.1, -0.05) is 11.6 Å². The third-order valence-corrected chi connectivity index (χ3v) is 4.05. The van der Waals surface area contributed by atoms with Crippen molar-refractivity contribution in [1.29, 1.82) is 0 Å². The minimum absolute atomic E-state index is 0.130. The molecular weight excluding hydrogens is 296 g/mol. The fraction of sp³-hybridized carbons (Fsp3) is 0.200. The molecule has 0 atom stereocenters. The average Bonchev–Trinajstić information content (AvgIpc) is 2.36. The monoisotopic (exact) mass is 306 g/mol. The smallest absolute Gasteiger partial charge is 0.335 e. The number of sulfonamides is 1. The maximum atomic E-state index is 11.9. The van der Waals surface area contributed by atoms with Crippen LogP contribution in [0.1, 0.15) is 10.4 Å². The maximum absolute atomic E-state index is 11.9. The highest BCUT2D eigenvalue weighted by atomic mass is 35.5. The van der Waals surface area contributed by atoms with Gasteiger partial charge in [0.2, 0.25) is 15.9 Å². The van der Waals surface area contributed by atoms with Gasteiger partial charge in [0.1, 0.15) is 4.90 Å². The standard InChI is InChI=1S/C10H11ClN2O5S/c1-12-9(14)5-13-19(17,18)8-4-6(10(15)16)2-3-7(8)11/h2-4,13H,5H2,1H3,(H,12,14)(H,15,16). The van der Waals surface area contributed by atoms with Crippen molar-refractivity contribution in [2.45, 2.75) is 4.90 Å². The van der Waals surface area contributed by atoms with Crippen molar-refractivity contribution in [3.05, 3.63) is 28.8 Å². The second kappa shape index (κ2) is 6.00. The Morgan fingerprint density at radius 3 is 2.53 bits per heavy atom. The number of rotatable bonds is 5. The lowest BCUT2D eigenvalue weighted by Crippen LogP contribution is -2.35. The molecule has 104 valence electrons. The van der Waals surface area contributed by atoms with Crippen LogP contribution in [0.15, 0.2) is 23.1 Å². The molecule has 0 saturated carbocycles. The molecule has 7 nitrogen and oxygen atoms in total. The van der Waals surface area contributed by atoms with Crippen LogP contribution < -0.4 is 10.0 Å². The van der Waals surface area contributed by atoms with Crippen molar-refractivity contribution in [2.24, 2.45) is 0 Å². The SMILES string of the molecule is CNC(=O)CNS(=O)(=O)c1cc(C(=O)O)ccc1Cl. The first-order valence-electron chi connectivity index (χ1n) is 5.01. The quantitative estimate of drug-likeness (QED) is 0.712. The minimum atomic E-state index is -4.06. The average molecular weight is 307 g/mol. The Kier molecular flexibility index (Phi) is 4.87. The first-order chi connectivity index (χ1) is 8.77. The summed E-state index contributed by atoms with van der Waals surface area (Å²) < 4.78 is 25.8. The van der Waals surface area contributed by atoms with E-state index >= 15 is 0 Å². The number of carbonyl (C=O) groups is 2. The first kappa shape index (κ1) is 15.4. The molecule has 0 heterocycles. The summed E-state index contributed by atoms with van der Waals surface area (Å²) in [5.74, 6) is -1.81. The summed E-state index contributed by atoms with van der Waals surface area (Å²) in [4.78, 5) is 21.4. The van der Waals surface area contributed by atoms with Gasteiger partial charge in [-0.15, -0.1) is 0 Å². The van der Waals surface area contributed by atoms with Crippen molar-refractivity contribution >= 4 is 33.5 Å². The number of halogens is 1. The van der Waals surface area contributed by atoms with Crippen LogP contribution in [-0.4, -0.2) is 39.0 Å². The lowest BCUT2D eigenvalue weighted by molar-refractivity contribution is -0.119. The molecule has 0 aliphatic heterocycles. The van der Waals surface area contributed by atoms with Gasteiger partial charge in [0.05, 0.1) is 17.1 Å². The van der Waals surface area contributed by atoms with Crippen LogP contribution in [0.5, 0.6) is 0 Å². The Balaban J connectivity index is 3.10. The van der Waals surface area contributed by atoms with E-state index in [1.54, 1.807) is 0 Å². The number of amides is 1. The van der Waals surface area contributed by atoms with E-state index in [4.69, 9.17) is 16.7 Å². The van der Waals surface area contributed by atoms with Crippen LogP contribution in [0.3, 0.4) is 0 Å². The molecule has 9 heteroatoms. The number of carboxylic acids is 1. The lowest BCUT2D eigenvalue weighted by atomic mass is 10.2. The van der Waals surface area contributed by atoms with Gasteiger partial charge < -0.3 is 10.4 Å². The van der Waals surface area contributed by atoms with E-state index in [-0.39, 0.29) is 10.6 Å². The summed E-state index contributed by atoms with van der Waals surface area (Å²) in [6.07, 6.45) is 0. The summed E-state index contributed by atoms with van der Waals surface area (Å²) in [5.41, 5.74) is -0.218. The van der Waals surface area contributed by atoms with Crippen LogP contribution in [0, 0.1) is 0 Å². The number of carbonyl (C=O) groups excluding carboxylic acids is 1. The molecular formula is C10H11ClN2O5S. The van der Waals surface area contributed by atoms with Gasteiger partial charge in [-0.25, -0.2) is 17.9 Å². The normalized spacial score (nSPS) is 11.1. The summed E-state index contributed by atoms with van der Waals surface area (Å²) >= 11 is 5.72. The highest BCUT2D eigenvalue weighted by molar-refractivity contribution is 7.89. The van der Waals surface area contributed by atoms with E-state index in [9.17, 15) is 18.0 Å². The van der Waals surface area contributed by atoms with E-state index in [1.165, 1.54) is 19.2 Å². The van der Waals surface area contributed by atoms with Crippen LogP contribution in [0.2, 0.25) is 5.02 Å². The zero-order valence-electron chi connectivity index (χ0n) is 9.81. The molecule has 3 N–H and O–H groups in total. The molecule has 1 aromatic carbocycles. The van der Waals surface area contributed by atoms with Gasteiger partial charge in [0, 0.05) is 7.05 Å². The fourth-order valence-corrected chi connectivity index (χ4v) is 2.67. The Labute approximate surface area is 114 Å². The minimum Gasteiger partial charge on any atom is -0.478 e. The second-order valence-electron chi connectivity index (χ2n) is 3.45. The highest BCUT2D eigenvalue weighted by Gasteiger charge is 2.20. The number of benzene rings is 1. The Morgan fingerprint density at radius 1 is 1.37 bits per heavy atom. The largest absolute Gasteiger partial charge is 0.478 e. The molecule has 0 aromatic heterocycles. The zero-order valence-corrected chi connectivity index (χ0v) is 11.4. The lowest BCUT2D eigenvalue weighted by Gasteiger charge is -2.08. The van der Waals surface area contributed by atoms with Crippen LogP contribution in [-0.2, 0) is 14.8 Å². The van der Waals surface area contributed by atoms with Crippen LogP contribution >= 0.6 is 11.6 Å². The van der Waals surface area contributed by atoms with Crippen LogP contribution in [0.4, 0.5) is 0 Å². The number of hydrogen-bond donors (Lipinski definition) is 3. The number of nitrogens with one attached hydrogen (secondary N) is 2. The topological polar surface area (TPSA) is 113 Å². The number of carboxylic acid groups (broad SMARTS) is 1. The van der Waals surface area contributed by atoms with Crippen molar-refractivity contribution in [3.8, 4) is 0 Å². The molecule has 0 aliphatic rings. The van der Waals surface area contributed by atoms with Gasteiger partial charge in [0.15, 0.2) is 0 Å². The van der Waals surface area contributed by atoms with E-state index in [0.29, 0.717) is 0 Å². The fourth-order valence-electron chi connectivity index (χ4n) is 1.17. The molecule has 0 unspecified atom stereocenters. The molecule has 0 spiro atoms. The molecule has 1 amide bonds. The van der Waals surface area contributed by atoms with Crippen LogP contribution in [0.25, 0.3) is 0 Å². The molecule has 1 aromatic rings. The summed E-state index contributed by atoms with van der Waals surface area (Å²) in [7, 11) is -2.70. The van der Waals surface area contributed by atoms with Crippen molar-refractivity contribution in [1.82, 2.24) is 10.0 Å². The summed E-state index contributed by atoms with van der Waals surface area (Å²) in [5, 5.41) is 10.9. The van der Waals surface area contributed by atoms with Crippen molar-refractivity contribution in [3.63, 3.8) is 0 Å². The maximum Gasteiger partial charge on any atom is 0.335 e. The number of aromatic carboxylic acids is 1. The zero-order chi connectivity index (χ0) is 14.6. The van der Waals surface area contributed by atoms with E-state index < -0.39 is 33.3 Å². The van der Waals surface area contributed by atoms with Crippen molar-refractivity contribution < 1.29 is 23.1 Å². The molecule has 0 radical (unpaired) electrons. The molecule has 0 aliphatic carbocycles. The Bertz CT molecular complexity index is 614. The van der Waals surface area contributed by atoms with Gasteiger partial charge in [0.25, 0.3) is 0 Å². The molecule has 0 saturated heterocycles. The Hall–Kier alpha value is -1.64. The predicted molar refractivity (Wildman–Crippen MR) is 67.7 cm³/mol. The molecule has 0 bridgehead atoms. The summed E-state index contributed by atoms with van der Waals surface area (Å²) in [6, 6.07) is 3.28. The molecule has 19 heavy (non-hydrogen) atoms. The molecule has 0 fully saturated rings. The number of hydrogen-bond acceptors (Lipinski definition) is 4. The first-order valence-corrected chi connectivity index (χ1v) is 6.87. The predicted octanol–water partition coefficient (Wildman–Crippen LogP) is 0.0625. The van der Waals surface area contributed by atoms with Gasteiger partial charge >= 0.3 is 5.97 Å². The van der Waals surface area contributed by atoms with Gasteiger partial charge in [-0.05, 0) is 18.2 Å². The molecule has 1 rings (SSSR count). The third-order valence-electron chi connectivity index (χ3n) is 2.17. The van der Waals surface area contributed by atoms with Gasteiger partial charge in [-0.3, -0.25) is 4.79 Å².